The lowest BCUT2D eigenvalue weighted by Gasteiger charge is -2.11. The Morgan fingerprint density at radius 3 is 2.60 bits per heavy atom. The molecular weight excluding hydrogens is 377 g/mol. The van der Waals surface area contributed by atoms with Crippen LogP contribution in [-0.2, 0) is 6.54 Å². The third kappa shape index (κ3) is 4.40. The number of hydrogen-bond donors (Lipinski definition) is 1. The molecule has 0 amide bonds. The number of rotatable bonds is 5. The van der Waals surface area contributed by atoms with E-state index >= 15 is 0 Å². The van der Waals surface area contributed by atoms with Gasteiger partial charge in [0.1, 0.15) is 0 Å². The van der Waals surface area contributed by atoms with Gasteiger partial charge < -0.3 is 5.32 Å². The molecule has 1 nitrogen and oxygen atoms in total. The van der Waals surface area contributed by atoms with E-state index in [2.05, 4.69) is 46.4 Å². The van der Waals surface area contributed by atoms with E-state index in [1.54, 1.807) is 11.8 Å². The zero-order valence-corrected chi connectivity index (χ0v) is 14.8. The molecule has 0 aliphatic rings. The van der Waals surface area contributed by atoms with E-state index < -0.39 is 0 Å². The summed E-state index contributed by atoms with van der Waals surface area (Å²) in [5.74, 6) is 0. The SMILES string of the molecule is CCNCc1cc(Br)ccc1Sc1ccc(Cl)c(Cl)c1. The summed E-state index contributed by atoms with van der Waals surface area (Å²) >= 11 is 17.2. The Morgan fingerprint density at radius 1 is 1.10 bits per heavy atom. The molecule has 0 spiro atoms. The fourth-order valence-corrected chi connectivity index (χ4v) is 3.45. The van der Waals surface area contributed by atoms with Gasteiger partial charge in [0, 0.05) is 20.8 Å². The normalized spacial score (nSPS) is 10.8. The summed E-state index contributed by atoms with van der Waals surface area (Å²) in [6.07, 6.45) is 0. The summed E-state index contributed by atoms with van der Waals surface area (Å²) in [7, 11) is 0. The minimum atomic E-state index is 0.583. The molecule has 0 aliphatic heterocycles. The molecule has 5 heteroatoms. The summed E-state index contributed by atoms with van der Waals surface area (Å²) in [5, 5.41) is 4.53. The van der Waals surface area contributed by atoms with Gasteiger partial charge in [-0.3, -0.25) is 0 Å². The van der Waals surface area contributed by atoms with Crippen LogP contribution in [0.15, 0.2) is 50.7 Å². The molecule has 0 saturated carbocycles. The molecule has 0 heterocycles. The van der Waals surface area contributed by atoms with Crippen LogP contribution in [0.1, 0.15) is 12.5 Å². The Morgan fingerprint density at radius 2 is 1.90 bits per heavy atom. The van der Waals surface area contributed by atoms with Crippen LogP contribution in [0.2, 0.25) is 10.0 Å². The summed E-state index contributed by atoms with van der Waals surface area (Å²) in [5.41, 5.74) is 1.26. The topological polar surface area (TPSA) is 12.0 Å². The molecule has 1 N–H and O–H groups in total. The average molecular weight is 391 g/mol. The summed E-state index contributed by atoms with van der Waals surface area (Å²) in [4.78, 5) is 2.30. The Labute approximate surface area is 142 Å². The molecule has 20 heavy (non-hydrogen) atoms. The molecular formula is C15H14BrCl2NS. The zero-order chi connectivity index (χ0) is 14.5. The quantitative estimate of drug-likeness (QED) is 0.670. The van der Waals surface area contributed by atoms with E-state index in [0.717, 1.165) is 22.5 Å². The molecule has 2 aromatic rings. The molecule has 0 fully saturated rings. The van der Waals surface area contributed by atoms with E-state index in [1.807, 2.05) is 18.2 Å². The smallest absolute Gasteiger partial charge is 0.0603 e. The Balaban J connectivity index is 2.25. The van der Waals surface area contributed by atoms with Gasteiger partial charge in [-0.25, -0.2) is 0 Å². The van der Waals surface area contributed by atoms with E-state index in [9.17, 15) is 0 Å². The third-order valence-corrected chi connectivity index (χ3v) is 5.05. The largest absolute Gasteiger partial charge is 0.313 e. The van der Waals surface area contributed by atoms with E-state index in [1.165, 1.54) is 10.5 Å². The summed E-state index contributed by atoms with van der Waals surface area (Å²) in [6.45, 7) is 3.90. The van der Waals surface area contributed by atoms with Crippen molar-refractivity contribution >= 4 is 50.9 Å². The van der Waals surface area contributed by atoms with Gasteiger partial charge >= 0.3 is 0 Å². The van der Waals surface area contributed by atoms with Crippen LogP contribution in [-0.4, -0.2) is 6.54 Å². The molecule has 0 radical (unpaired) electrons. The second kappa shape index (κ2) is 7.71. The van der Waals surface area contributed by atoms with Crippen LogP contribution in [0, 0.1) is 0 Å². The van der Waals surface area contributed by atoms with Gasteiger partial charge in [-0.2, -0.15) is 0 Å². The van der Waals surface area contributed by atoms with Crippen LogP contribution >= 0.6 is 50.9 Å². The highest BCUT2D eigenvalue weighted by atomic mass is 79.9. The Hall–Kier alpha value is -0.190. The number of benzene rings is 2. The predicted octanol–water partition coefficient (Wildman–Crippen LogP) is 6.02. The Kier molecular flexibility index (Phi) is 6.24. The van der Waals surface area contributed by atoms with Crippen molar-refractivity contribution < 1.29 is 0 Å². The highest BCUT2D eigenvalue weighted by Gasteiger charge is 2.07. The number of halogens is 3. The first-order chi connectivity index (χ1) is 9.60. The van der Waals surface area contributed by atoms with Gasteiger partial charge in [-0.05, 0) is 48.5 Å². The minimum absolute atomic E-state index is 0.583. The minimum Gasteiger partial charge on any atom is -0.313 e. The Bertz CT molecular complexity index is 604. The molecule has 0 atom stereocenters. The van der Waals surface area contributed by atoms with Crippen molar-refractivity contribution in [1.82, 2.24) is 5.32 Å². The monoisotopic (exact) mass is 389 g/mol. The van der Waals surface area contributed by atoms with Crippen molar-refractivity contribution in [3.63, 3.8) is 0 Å². The van der Waals surface area contributed by atoms with Crippen molar-refractivity contribution in [2.24, 2.45) is 0 Å². The van der Waals surface area contributed by atoms with Crippen LogP contribution < -0.4 is 5.32 Å². The molecule has 2 aromatic carbocycles. The van der Waals surface area contributed by atoms with Crippen molar-refractivity contribution in [2.45, 2.75) is 23.3 Å². The van der Waals surface area contributed by atoms with Crippen molar-refractivity contribution in [3.05, 3.63) is 56.5 Å². The molecule has 0 saturated heterocycles. The van der Waals surface area contributed by atoms with Gasteiger partial charge in [-0.1, -0.05) is 57.8 Å². The number of hydrogen-bond acceptors (Lipinski definition) is 2. The molecule has 106 valence electrons. The maximum absolute atomic E-state index is 6.06. The average Bonchev–Trinajstić information content (AvgIpc) is 2.43. The van der Waals surface area contributed by atoms with E-state index in [0.29, 0.717) is 10.0 Å². The predicted molar refractivity (Wildman–Crippen MR) is 92.1 cm³/mol. The molecule has 0 bridgehead atoms. The maximum Gasteiger partial charge on any atom is 0.0603 e. The van der Waals surface area contributed by atoms with Crippen LogP contribution in [0.25, 0.3) is 0 Å². The van der Waals surface area contributed by atoms with Gasteiger partial charge in [0.15, 0.2) is 0 Å². The maximum atomic E-state index is 6.06. The lowest BCUT2D eigenvalue weighted by atomic mass is 10.2. The highest BCUT2D eigenvalue weighted by Crippen LogP contribution is 2.35. The molecule has 0 aliphatic carbocycles. The summed E-state index contributed by atoms with van der Waals surface area (Å²) < 4.78 is 1.09. The zero-order valence-electron chi connectivity index (χ0n) is 10.9. The van der Waals surface area contributed by atoms with Crippen LogP contribution in [0.3, 0.4) is 0 Å². The fraction of sp³-hybridized carbons (Fsp3) is 0.200. The first-order valence-electron chi connectivity index (χ1n) is 6.22. The molecule has 2 rings (SSSR count). The third-order valence-electron chi connectivity index (χ3n) is 2.71. The summed E-state index contributed by atoms with van der Waals surface area (Å²) in [6, 6.07) is 12.0. The lowest BCUT2D eigenvalue weighted by Crippen LogP contribution is -2.12. The van der Waals surface area contributed by atoms with Gasteiger partial charge in [0.2, 0.25) is 0 Å². The van der Waals surface area contributed by atoms with Gasteiger partial charge in [0.05, 0.1) is 10.0 Å². The van der Waals surface area contributed by atoms with Gasteiger partial charge in [-0.15, -0.1) is 0 Å². The van der Waals surface area contributed by atoms with Crippen LogP contribution in [0.5, 0.6) is 0 Å². The molecule has 0 aromatic heterocycles. The second-order valence-electron chi connectivity index (χ2n) is 4.21. The molecule has 0 unspecified atom stereocenters. The van der Waals surface area contributed by atoms with Gasteiger partial charge in [0.25, 0.3) is 0 Å². The fourth-order valence-electron chi connectivity index (χ4n) is 1.71. The van der Waals surface area contributed by atoms with Crippen molar-refractivity contribution in [3.8, 4) is 0 Å². The standard InChI is InChI=1S/C15H14BrCl2NS/c1-2-19-9-10-7-11(16)3-6-15(10)20-12-4-5-13(17)14(18)8-12/h3-8,19H,2,9H2,1H3. The van der Waals surface area contributed by atoms with Crippen molar-refractivity contribution in [1.29, 1.82) is 0 Å². The first kappa shape index (κ1) is 16.2. The van der Waals surface area contributed by atoms with E-state index in [4.69, 9.17) is 23.2 Å². The number of nitrogens with one attached hydrogen (secondary N) is 1. The lowest BCUT2D eigenvalue weighted by molar-refractivity contribution is 0.717. The van der Waals surface area contributed by atoms with Crippen LogP contribution in [0.4, 0.5) is 0 Å². The second-order valence-corrected chi connectivity index (χ2v) is 7.06. The highest BCUT2D eigenvalue weighted by molar-refractivity contribution is 9.10. The van der Waals surface area contributed by atoms with E-state index in [-0.39, 0.29) is 0 Å². The van der Waals surface area contributed by atoms with Crippen molar-refractivity contribution in [2.75, 3.05) is 6.54 Å². The first-order valence-corrected chi connectivity index (χ1v) is 8.58.